The zero-order valence-corrected chi connectivity index (χ0v) is 10.4. The van der Waals surface area contributed by atoms with Crippen LogP contribution in [0.3, 0.4) is 0 Å². The summed E-state index contributed by atoms with van der Waals surface area (Å²) in [6.45, 7) is 8.14. The molecule has 0 fully saturated rings. The SMILES string of the molecule is CCC(C)N(CC(=O)O)C(C)C(C)OC. The van der Waals surface area contributed by atoms with Gasteiger partial charge >= 0.3 is 5.97 Å². The third-order valence-electron chi connectivity index (χ3n) is 3.05. The maximum atomic E-state index is 10.8. The van der Waals surface area contributed by atoms with Gasteiger partial charge in [0, 0.05) is 19.2 Å². The van der Waals surface area contributed by atoms with Gasteiger partial charge in [0.05, 0.1) is 12.6 Å². The standard InChI is InChI=1S/C11H23NO3/c1-6-8(2)12(7-11(13)14)9(3)10(4)15-5/h8-10H,6-7H2,1-5H3,(H,13,14). The fourth-order valence-corrected chi connectivity index (χ4v) is 1.56. The van der Waals surface area contributed by atoms with Gasteiger partial charge in [-0.1, -0.05) is 6.92 Å². The molecular formula is C11H23NO3. The van der Waals surface area contributed by atoms with Gasteiger partial charge in [0.2, 0.25) is 0 Å². The molecule has 90 valence electrons. The first-order chi connectivity index (χ1) is 6.93. The molecule has 15 heavy (non-hydrogen) atoms. The minimum Gasteiger partial charge on any atom is -0.480 e. The number of ether oxygens (including phenoxy) is 1. The van der Waals surface area contributed by atoms with Crippen LogP contribution in [0.25, 0.3) is 0 Å². The second-order valence-electron chi connectivity index (χ2n) is 4.00. The van der Waals surface area contributed by atoms with Crippen molar-refractivity contribution in [3.8, 4) is 0 Å². The summed E-state index contributed by atoms with van der Waals surface area (Å²) in [4.78, 5) is 12.7. The molecule has 4 nitrogen and oxygen atoms in total. The van der Waals surface area contributed by atoms with Crippen LogP contribution in [0.15, 0.2) is 0 Å². The van der Waals surface area contributed by atoms with E-state index in [4.69, 9.17) is 9.84 Å². The average Bonchev–Trinajstić information content (AvgIpc) is 2.22. The number of carbonyl (C=O) groups is 1. The fraction of sp³-hybridized carbons (Fsp3) is 0.909. The second kappa shape index (κ2) is 6.80. The monoisotopic (exact) mass is 217 g/mol. The number of hydrogen-bond donors (Lipinski definition) is 1. The van der Waals surface area contributed by atoms with Gasteiger partial charge in [-0.15, -0.1) is 0 Å². The van der Waals surface area contributed by atoms with Crippen molar-refractivity contribution in [3.63, 3.8) is 0 Å². The van der Waals surface area contributed by atoms with Crippen molar-refractivity contribution in [1.82, 2.24) is 4.90 Å². The van der Waals surface area contributed by atoms with Gasteiger partial charge in [0.15, 0.2) is 0 Å². The molecule has 0 aliphatic rings. The van der Waals surface area contributed by atoms with E-state index in [1.807, 2.05) is 25.7 Å². The lowest BCUT2D eigenvalue weighted by atomic mass is 10.1. The van der Waals surface area contributed by atoms with Gasteiger partial charge < -0.3 is 9.84 Å². The summed E-state index contributed by atoms with van der Waals surface area (Å²) in [6.07, 6.45) is 0.979. The lowest BCUT2D eigenvalue weighted by molar-refractivity contribution is -0.140. The zero-order chi connectivity index (χ0) is 12.0. The summed E-state index contributed by atoms with van der Waals surface area (Å²) in [7, 11) is 1.65. The molecule has 0 bridgehead atoms. The first kappa shape index (κ1) is 14.4. The van der Waals surface area contributed by atoms with Crippen LogP contribution in [0.4, 0.5) is 0 Å². The summed E-state index contributed by atoms with van der Waals surface area (Å²) in [5.74, 6) is -0.787. The van der Waals surface area contributed by atoms with E-state index in [9.17, 15) is 4.79 Å². The van der Waals surface area contributed by atoms with Gasteiger partial charge in [0.1, 0.15) is 0 Å². The maximum absolute atomic E-state index is 10.8. The van der Waals surface area contributed by atoms with Crippen LogP contribution < -0.4 is 0 Å². The molecule has 0 aliphatic heterocycles. The van der Waals surface area contributed by atoms with Crippen LogP contribution in [0.5, 0.6) is 0 Å². The summed E-state index contributed by atoms with van der Waals surface area (Å²) in [5, 5.41) is 8.85. The molecule has 0 spiro atoms. The highest BCUT2D eigenvalue weighted by molar-refractivity contribution is 5.69. The van der Waals surface area contributed by atoms with E-state index < -0.39 is 5.97 Å². The van der Waals surface area contributed by atoms with Crippen LogP contribution in [0, 0.1) is 0 Å². The van der Waals surface area contributed by atoms with Crippen LogP contribution in [0.2, 0.25) is 0 Å². The van der Waals surface area contributed by atoms with Crippen LogP contribution in [-0.2, 0) is 9.53 Å². The van der Waals surface area contributed by atoms with Crippen molar-refractivity contribution in [2.75, 3.05) is 13.7 Å². The third-order valence-corrected chi connectivity index (χ3v) is 3.05. The van der Waals surface area contributed by atoms with Crippen molar-refractivity contribution in [2.45, 2.75) is 52.3 Å². The Balaban J connectivity index is 4.53. The fourth-order valence-electron chi connectivity index (χ4n) is 1.56. The molecular weight excluding hydrogens is 194 g/mol. The highest BCUT2D eigenvalue weighted by atomic mass is 16.5. The molecule has 3 unspecified atom stereocenters. The molecule has 0 heterocycles. The number of carboxylic acid groups (broad SMARTS) is 1. The molecule has 1 N–H and O–H groups in total. The van der Waals surface area contributed by atoms with Crippen molar-refractivity contribution in [2.24, 2.45) is 0 Å². The Morgan fingerprint density at radius 1 is 1.40 bits per heavy atom. The predicted molar refractivity (Wildman–Crippen MR) is 60.0 cm³/mol. The Morgan fingerprint density at radius 3 is 2.27 bits per heavy atom. The number of methoxy groups -OCH3 is 1. The zero-order valence-electron chi connectivity index (χ0n) is 10.4. The Morgan fingerprint density at radius 2 is 1.93 bits per heavy atom. The van der Waals surface area contributed by atoms with Gasteiger partial charge in [-0.2, -0.15) is 0 Å². The van der Waals surface area contributed by atoms with Crippen LogP contribution in [0.1, 0.15) is 34.1 Å². The molecule has 0 rings (SSSR count). The Hall–Kier alpha value is -0.610. The Labute approximate surface area is 92.2 Å². The van der Waals surface area contributed by atoms with E-state index in [2.05, 4.69) is 6.92 Å². The Bertz CT molecular complexity index is 196. The summed E-state index contributed by atoms with van der Waals surface area (Å²) < 4.78 is 5.23. The molecule has 0 aromatic carbocycles. The van der Waals surface area contributed by atoms with Gasteiger partial charge in [-0.25, -0.2) is 0 Å². The molecule has 0 aliphatic carbocycles. The Kier molecular flexibility index (Phi) is 6.52. The normalized spacial score (nSPS) is 17.5. The van der Waals surface area contributed by atoms with E-state index in [1.165, 1.54) is 0 Å². The van der Waals surface area contributed by atoms with E-state index in [0.717, 1.165) is 6.42 Å². The molecule has 0 aromatic heterocycles. The molecule has 0 amide bonds. The number of carboxylic acids is 1. The average molecular weight is 217 g/mol. The van der Waals surface area contributed by atoms with Crippen LogP contribution >= 0.6 is 0 Å². The highest BCUT2D eigenvalue weighted by Gasteiger charge is 2.25. The largest absolute Gasteiger partial charge is 0.480 e. The lowest BCUT2D eigenvalue weighted by Gasteiger charge is -2.35. The molecule has 0 saturated heterocycles. The highest BCUT2D eigenvalue weighted by Crippen LogP contribution is 2.13. The van der Waals surface area contributed by atoms with Gasteiger partial charge in [-0.05, 0) is 27.2 Å². The number of aliphatic carboxylic acids is 1. The third kappa shape index (κ3) is 4.62. The van der Waals surface area contributed by atoms with Crippen LogP contribution in [-0.4, -0.2) is 47.8 Å². The summed E-state index contributed by atoms with van der Waals surface area (Å²) in [5.41, 5.74) is 0. The van der Waals surface area contributed by atoms with E-state index in [1.54, 1.807) is 7.11 Å². The summed E-state index contributed by atoms with van der Waals surface area (Å²) in [6, 6.07) is 0.370. The van der Waals surface area contributed by atoms with Crippen molar-refractivity contribution in [3.05, 3.63) is 0 Å². The lowest BCUT2D eigenvalue weighted by Crippen LogP contribution is -2.48. The maximum Gasteiger partial charge on any atom is 0.317 e. The van der Waals surface area contributed by atoms with Crippen molar-refractivity contribution >= 4 is 5.97 Å². The molecule has 0 radical (unpaired) electrons. The minimum absolute atomic E-state index is 0.0401. The van der Waals surface area contributed by atoms with Gasteiger partial charge in [-0.3, -0.25) is 9.69 Å². The summed E-state index contributed by atoms with van der Waals surface area (Å²) >= 11 is 0. The number of hydrogen-bond acceptors (Lipinski definition) is 3. The molecule has 4 heteroatoms. The quantitative estimate of drug-likeness (QED) is 0.703. The van der Waals surface area contributed by atoms with Crippen molar-refractivity contribution < 1.29 is 14.6 Å². The predicted octanol–water partition coefficient (Wildman–Crippen LogP) is 1.59. The first-order valence-electron chi connectivity index (χ1n) is 5.44. The molecule has 3 atom stereocenters. The second-order valence-corrected chi connectivity index (χ2v) is 4.00. The van der Waals surface area contributed by atoms with E-state index >= 15 is 0 Å². The number of nitrogens with zero attached hydrogens (tertiary/aromatic N) is 1. The number of rotatable bonds is 7. The topological polar surface area (TPSA) is 49.8 Å². The molecule has 0 saturated carbocycles. The smallest absolute Gasteiger partial charge is 0.317 e. The van der Waals surface area contributed by atoms with E-state index in [-0.39, 0.29) is 24.7 Å². The molecule has 0 aromatic rings. The minimum atomic E-state index is -0.787. The van der Waals surface area contributed by atoms with Crippen molar-refractivity contribution in [1.29, 1.82) is 0 Å². The first-order valence-corrected chi connectivity index (χ1v) is 5.44. The van der Waals surface area contributed by atoms with E-state index in [0.29, 0.717) is 0 Å². The van der Waals surface area contributed by atoms with Gasteiger partial charge in [0.25, 0.3) is 0 Å².